The van der Waals surface area contributed by atoms with Crippen molar-refractivity contribution in [3.63, 3.8) is 0 Å². The average Bonchev–Trinajstić information content (AvgIpc) is 1.72. The van der Waals surface area contributed by atoms with Crippen molar-refractivity contribution in [3.8, 4) is 0 Å². The van der Waals surface area contributed by atoms with E-state index in [-0.39, 0.29) is 0 Å². The SMILES string of the molecule is POP(OP)OP. The smallest absolute Gasteiger partial charge is 0.296 e. The molecule has 7 heteroatoms. The van der Waals surface area contributed by atoms with Crippen molar-refractivity contribution < 1.29 is 12.9 Å². The minimum atomic E-state index is -1.17. The Kier molecular flexibility index (Phi) is 7.04. The molecular weight excluding hydrogens is 172 g/mol. The lowest BCUT2D eigenvalue weighted by Gasteiger charge is -2.04. The van der Waals surface area contributed by atoms with E-state index in [1.165, 1.54) is 0 Å². The Morgan fingerprint density at radius 1 is 0.857 bits per heavy atom. The van der Waals surface area contributed by atoms with E-state index in [2.05, 4.69) is 12.9 Å². The molecule has 0 aromatic heterocycles. The molecule has 0 N–H and O–H groups in total. The summed E-state index contributed by atoms with van der Waals surface area (Å²) in [5.41, 5.74) is 0. The van der Waals surface area contributed by atoms with E-state index in [0.29, 0.717) is 0 Å². The molecule has 0 aliphatic heterocycles. The average molecular weight is 178 g/mol. The molecule has 0 fully saturated rings. The molecular formula is H6O3P4. The normalized spacial score (nSPS) is 10.3. The molecule has 0 aliphatic carbocycles. The van der Waals surface area contributed by atoms with Crippen LogP contribution in [0, 0.1) is 0 Å². The highest BCUT2D eigenvalue weighted by atomic mass is 31.2. The molecule has 3 atom stereocenters. The second kappa shape index (κ2) is 5.73. The Hall–Kier alpha value is 1.60. The van der Waals surface area contributed by atoms with Gasteiger partial charge in [0.05, 0.1) is 0 Å². The maximum Gasteiger partial charge on any atom is 0.341 e. The molecule has 0 aromatic rings. The van der Waals surface area contributed by atoms with Gasteiger partial charge in [0, 0.05) is 28.4 Å². The van der Waals surface area contributed by atoms with Gasteiger partial charge in [-0.2, -0.15) is 0 Å². The molecule has 7 heavy (non-hydrogen) atoms. The van der Waals surface area contributed by atoms with Gasteiger partial charge >= 0.3 is 8.60 Å². The van der Waals surface area contributed by atoms with E-state index in [0.717, 1.165) is 0 Å². The zero-order valence-corrected chi connectivity index (χ0v) is 7.76. The van der Waals surface area contributed by atoms with Gasteiger partial charge in [0.25, 0.3) is 0 Å². The fraction of sp³-hybridized carbons (Fsp3) is 0. The highest BCUT2D eigenvalue weighted by Gasteiger charge is 2.01. The minimum absolute atomic E-state index is 1.17. The first kappa shape index (κ1) is 8.60. The van der Waals surface area contributed by atoms with Gasteiger partial charge in [0.2, 0.25) is 0 Å². The first-order valence-electron chi connectivity index (χ1n) is 1.25. The van der Waals surface area contributed by atoms with E-state index in [1.807, 2.05) is 28.4 Å². The standard InChI is InChI=1S/H6O3P4/c4-1-7(2-5)3-6/h4-6H2. The van der Waals surface area contributed by atoms with Crippen LogP contribution in [-0.4, -0.2) is 0 Å². The summed E-state index contributed by atoms with van der Waals surface area (Å²) in [6.07, 6.45) is 0. The zero-order valence-electron chi connectivity index (χ0n) is 3.40. The van der Waals surface area contributed by atoms with E-state index >= 15 is 0 Å². The summed E-state index contributed by atoms with van der Waals surface area (Å²) < 4.78 is 13.6. The van der Waals surface area contributed by atoms with Gasteiger partial charge in [0.15, 0.2) is 0 Å². The summed E-state index contributed by atoms with van der Waals surface area (Å²) in [4.78, 5) is 0. The Balaban J connectivity index is 2.99. The topological polar surface area (TPSA) is 27.7 Å². The molecule has 0 amide bonds. The van der Waals surface area contributed by atoms with Crippen LogP contribution in [0.2, 0.25) is 0 Å². The van der Waals surface area contributed by atoms with Crippen LogP contribution < -0.4 is 0 Å². The van der Waals surface area contributed by atoms with Crippen molar-refractivity contribution in [3.05, 3.63) is 0 Å². The summed E-state index contributed by atoms with van der Waals surface area (Å²) in [6, 6.07) is 0. The van der Waals surface area contributed by atoms with E-state index in [4.69, 9.17) is 0 Å². The molecule has 0 spiro atoms. The van der Waals surface area contributed by atoms with E-state index in [1.54, 1.807) is 0 Å². The van der Waals surface area contributed by atoms with Gasteiger partial charge in [0.1, 0.15) is 0 Å². The summed E-state index contributed by atoms with van der Waals surface area (Å²) in [5.74, 6) is 0. The zero-order chi connectivity index (χ0) is 5.70. The van der Waals surface area contributed by atoms with Crippen LogP contribution in [-0.2, 0) is 12.9 Å². The summed E-state index contributed by atoms with van der Waals surface area (Å²) in [7, 11) is 4.94. The molecule has 0 aliphatic rings. The molecule has 0 rings (SSSR count). The van der Waals surface area contributed by atoms with Crippen molar-refractivity contribution in [2.75, 3.05) is 0 Å². The molecule has 0 saturated carbocycles. The Morgan fingerprint density at radius 3 is 1.14 bits per heavy atom. The molecule has 44 valence electrons. The highest BCUT2D eigenvalue weighted by molar-refractivity contribution is 7.54. The summed E-state index contributed by atoms with van der Waals surface area (Å²) in [5, 5.41) is 0. The first-order chi connectivity index (χ1) is 3.35. The highest BCUT2D eigenvalue weighted by Crippen LogP contribution is 2.45. The second-order valence-corrected chi connectivity index (χ2v) is 3.52. The molecule has 0 heterocycles. The molecule has 3 nitrogen and oxygen atoms in total. The third-order valence-electron chi connectivity index (χ3n) is 0.258. The second-order valence-electron chi connectivity index (χ2n) is 0.540. The molecule has 0 aromatic carbocycles. The Labute approximate surface area is 50.7 Å². The van der Waals surface area contributed by atoms with Gasteiger partial charge in [-0.05, 0) is 0 Å². The predicted octanol–water partition coefficient (Wildman–Crippen LogP) is 1.63. The number of hydrogen-bond donors (Lipinski definition) is 0. The number of rotatable bonds is 3. The van der Waals surface area contributed by atoms with Gasteiger partial charge in [-0.1, -0.05) is 0 Å². The van der Waals surface area contributed by atoms with Gasteiger partial charge in [-0.3, -0.25) is 12.9 Å². The van der Waals surface area contributed by atoms with Gasteiger partial charge in [-0.15, -0.1) is 0 Å². The predicted molar refractivity (Wildman–Crippen MR) is 39.3 cm³/mol. The van der Waals surface area contributed by atoms with Crippen molar-refractivity contribution >= 4 is 37.0 Å². The summed E-state index contributed by atoms with van der Waals surface area (Å²) in [6.45, 7) is 0. The largest absolute Gasteiger partial charge is 0.341 e. The summed E-state index contributed by atoms with van der Waals surface area (Å²) >= 11 is 0. The van der Waals surface area contributed by atoms with Crippen molar-refractivity contribution in [1.29, 1.82) is 0 Å². The monoisotopic (exact) mass is 178 g/mol. The van der Waals surface area contributed by atoms with Crippen LogP contribution in [0.15, 0.2) is 0 Å². The molecule has 0 radical (unpaired) electrons. The lowest BCUT2D eigenvalue weighted by molar-refractivity contribution is 0.467. The molecule has 0 bridgehead atoms. The van der Waals surface area contributed by atoms with Crippen molar-refractivity contribution in [1.82, 2.24) is 0 Å². The van der Waals surface area contributed by atoms with Crippen LogP contribution in [0.25, 0.3) is 0 Å². The quantitative estimate of drug-likeness (QED) is 0.614. The minimum Gasteiger partial charge on any atom is -0.296 e. The third kappa shape index (κ3) is 4.13. The number of hydrogen-bond acceptors (Lipinski definition) is 3. The van der Waals surface area contributed by atoms with Gasteiger partial charge in [-0.25, -0.2) is 0 Å². The first-order valence-corrected chi connectivity index (χ1v) is 3.76. The van der Waals surface area contributed by atoms with E-state index < -0.39 is 8.60 Å². The lowest BCUT2D eigenvalue weighted by Crippen LogP contribution is -1.66. The molecule has 0 saturated heterocycles. The fourth-order valence-electron chi connectivity index (χ4n) is 0.0745. The third-order valence-corrected chi connectivity index (χ3v) is 2.32. The molecule has 3 unspecified atom stereocenters. The Morgan fingerprint density at radius 2 is 1.14 bits per heavy atom. The van der Waals surface area contributed by atoms with Crippen molar-refractivity contribution in [2.24, 2.45) is 0 Å². The fourth-order valence-corrected chi connectivity index (χ4v) is 2.01. The maximum absolute atomic E-state index is 4.54. The Bertz CT molecular complexity index is 28.4. The lowest BCUT2D eigenvalue weighted by atomic mass is 15.7. The van der Waals surface area contributed by atoms with Crippen LogP contribution in [0.5, 0.6) is 0 Å². The van der Waals surface area contributed by atoms with Crippen LogP contribution in [0.1, 0.15) is 0 Å². The van der Waals surface area contributed by atoms with Crippen LogP contribution >= 0.6 is 37.0 Å². The maximum atomic E-state index is 4.54. The van der Waals surface area contributed by atoms with E-state index in [9.17, 15) is 0 Å². The van der Waals surface area contributed by atoms with Gasteiger partial charge < -0.3 is 0 Å². The van der Waals surface area contributed by atoms with Crippen LogP contribution in [0.3, 0.4) is 0 Å². The van der Waals surface area contributed by atoms with Crippen molar-refractivity contribution in [2.45, 2.75) is 0 Å². The van der Waals surface area contributed by atoms with Crippen LogP contribution in [0.4, 0.5) is 0 Å².